The van der Waals surface area contributed by atoms with Crippen LogP contribution in [0, 0.1) is 0 Å². The Morgan fingerprint density at radius 3 is 2.67 bits per heavy atom. The molecule has 1 aliphatic heterocycles. The number of hydrogen-bond donors (Lipinski definition) is 1. The van der Waals surface area contributed by atoms with Gasteiger partial charge in [-0.15, -0.1) is 0 Å². The third-order valence-electron chi connectivity index (χ3n) is 3.87. The molecule has 110 valence electrons. The lowest BCUT2D eigenvalue weighted by atomic mass is 9.97. The molecule has 2 aromatic carbocycles. The van der Waals surface area contributed by atoms with Crippen LogP contribution in [0.1, 0.15) is 17.2 Å². The molecule has 1 aliphatic rings. The minimum atomic E-state index is -0.252. The first-order valence-electron chi connectivity index (χ1n) is 6.95. The second kappa shape index (κ2) is 5.66. The number of nitrogens with two attached hydrogens (primary N) is 1. The summed E-state index contributed by atoms with van der Waals surface area (Å²) >= 11 is 0. The van der Waals surface area contributed by atoms with Crippen LogP contribution in [0.4, 0.5) is 0 Å². The van der Waals surface area contributed by atoms with E-state index >= 15 is 0 Å². The SMILES string of the molecule is COc1ccc(C(N)C2Cc3ccccc3O2)c(OC)c1. The number of ether oxygens (including phenoxy) is 3. The first-order valence-corrected chi connectivity index (χ1v) is 6.95. The lowest BCUT2D eigenvalue weighted by Crippen LogP contribution is -2.30. The van der Waals surface area contributed by atoms with Gasteiger partial charge in [0.25, 0.3) is 0 Å². The molecule has 0 fully saturated rings. The quantitative estimate of drug-likeness (QED) is 0.938. The molecular weight excluding hydrogens is 266 g/mol. The van der Waals surface area contributed by atoms with Crippen LogP contribution in [-0.2, 0) is 6.42 Å². The second-order valence-electron chi connectivity index (χ2n) is 5.10. The maximum Gasteiger partial charge on any atom is 0.127 e. The highest BCUT2D eigenvalue weighted by atomic mass is 16.5. The lowest BCUT2D eigenvalue weighted by Gasteiger charge is -2.22. The van der Waals surface area contributed by atoms with Gasteiger partial charge in [0, 0.05) is 18.1 Å². The van der Waals surface area contributed by atoms with Crippen LogP contribution in [0.2, 0.25) is 0 Å². The van der Waals surface area contributed by atoms with Crippen molar-refractivity contribution in [2.45, 2.75) is 18.6 Å². The number of para-hydroxylation sites is 1. The van der Waals surface area contributed by atoms with E-state index in [1.165, 1.54) is 5.56 Å². The third kappa shape index (κ3) is 2.54. The minimum absolute atomic E-state index is 0.0790. The molecule has 0 spiro atoms. The molecule has 0 amide bonds. The van der Waals surface area contributed by atoms with Crippen molar-refractivity contribution in [3.63, 3.8) is 0 Å². The van der Waals surface area contributed by atoms with E-state index < -0.39 is 0 Å². The maximum atomic E-state index is 6.40. The molecule has 2 unspecified atom stereocenters. The van der Waals surface area contributed by atoms with Gasteiger partial charge in [0.1, 0.15) is 23.4 Å². The van der Waals surface area contributed by atoms with Gasteiger partial charge < -0.3 is 19.9 Å². The predicted octanol–water partition coefficient (Wildman–Crippen LogP) is 2.71. The maximum absolute atomic E-state index is 6.40. The largest absolute Gasteiger partial charge is 0.497 e. The van der Waals surface area contributed by atoms with Crippen LogP contribution in [0.5, 0.6) is 17.2 Å². The Kier molecular flexibility index (Phi) is 3.71. The van der Waals surface area contributed by atoms with E-state index in [1.807, 2.05) is 36.4 Å². The highest BCUT2D eigenvalue weighted by Gasteiger charge is 2.30. The van der Waals surface area contributed by atoms with E-state index in [0.717, 1.165) is 29.2 Å². The Hall–Kier alpha value is -2.20. The topological polar surface area (TPSA) is 53.7 Å². The Labute approximate surface area is 124 Å². The van der Waals surface area contributed by atoms with Gasteiger partial charge in [-0.2, -0.15) is 0 Å². The smallest absolute Gasteiger partial charge is 0.127 e. The molecule has 0 bridgehead atoms. The van der Waals surface area contributed by atoms with Crippen molar-refractivity contribution in [1.29, 1.82) is 0 Å². The molecule has 0 aromatic heterocycles. The lowest BCUT2D eigenvalue weighted by molar-refractivity contribution is 0.197. The van der Waals surface area contributed by atoms with Gasteiger partial charge in [0.05, 0.1) is 20.3 Å². The summed E-state index contributed by atoms with van der Waals surface area (Å²) in [6.45, 7) is 0. The average Bonchev–Trinajstić information content (AvgIpc) is 2.97. The van der Waals surface area contributed by atoms with Crippen molar-refractivity contribution in [2.24, 2.45) is 5.73 Å². The predicted molar refractivity (Wildman–Crippen MR) is 81.0 cm³/mol. The van der Waals surface area contributed by atoms with E-state index in [2.05, 4.69) is 6.07 Å². The van der Waals surface area contributed by atoms with Crippen molar-refractivity contribution >= 4 is 0 Å². The van der Waals surface area contributed by atoms with Crippen LogP contribution in [0.15, 0.2) is 42.5 Å². The number of rotatable bonds is 4. The summed E-state index contributed by atoms with van der Waals surface area (Å²) in [6, 6.07) is 13.5. The molecule has 21 heavy (non-hydrogen) atoms. The molecule has 1 heterocycles. The standard InChI is InChI=1S/C17H19NO3/c1-19-12-7-8-13(15(10-12)20-2)17(18)16-9-11-5-3-4-6-14(11)21-16/h3-8,10,16-17H,9,18H2,1-2H3. The van der Waals surface area contributed by atoms with Crippen molar-refractivity contribution in [3.8, 4) is 17.2 Å². The Bertz CT molecular complexity index is 617. The molecule has 2 atom stereocenters. The fourth-order valence-corrected chi connectivity index (χ4v) is 2.70. The third-order valence-corrected chi connectivity index (χ3v) is 3.87. The normalized spacial score (nSPS) is 17.8. The molecule has 0 radical (unpaired) electrons. The zero-order chi connectivity index (χ0) is 14.8. The van der Waals surface area contributed by atoms with Crippen molar-refractivity contribution in [2.75, 3.05) is 14.2 Å². The molecule has 2 aromatic rings. The second-order valence-corrected chi connectivity index (χ2v) is 5.10. The summed E-state index contributed by atoms with van der Waals surface area (Å²) in [6.07, 6.45) is 0.733. The van der Waals surface area contributed by atoms with Gasteiger partial charge >= 0.3 is 0 Å². The van der Waals surface area contributed by atoms with E-state index in [4.69, 9.17) is 19.9 Å². The van der Waals surface area contributed by atoms with E-state index in [-0.39, 0.29) is 12.1 Å². The van der Waals surface area contributed by atoms with Gasteiger partial charge in [-0.1, -0.05) is 18.2 Å². The summed E-state index contributed by atoms with van der Waals surface area (Å²) in [4.78, 5) is 0. The first kappa shape index (κ1) is 13.8. The van der Waals surface area contributed by atoms with Crippen LogP contribution in [-0.4, -0.2) is 20.3 Å². The van der Waals surface area contributed by atoms with Crippen molar-refractivity contribution < 1.29 is 14.2 Å². The van der Waals surface area contributed by atoms with Crippen LogP contribution >= 0.6 is 0 Å². The van der Waals surface area contributed by atoms with Gasteiger partial charge in [0.2, 0.25) is 0 Å². The summed E-state index contributed by atoms with van der Waals surface area (Å²) in [5, 5.41) is 0. The first-order chi connectivity index (χ1) is 10.2. The molecule has 2 N–H and O–H groups in total. The highest BCUT2D eigenvalue weighted by Crippen LogP contribution is 2.36. The molecule has 0 aliphatic carbocycles. The average molecular weight is 285 g/mol. The molecule has 0 saturated carbocycles. The van der Waals surface area contributed by atoms with Gasteiger partial charge in [-0.05, 0) is 23.8 Å². The fourth-order valence-electron chi connectivity index (χ4n) is 2.70. The monoisotopic (exact) mass is 285 g/mol. The van der Waals surface area contributed by atoms with Gasteiger partial charge in [0.15, 0.2) is 0 Å². The summed E-state index contributed by atoms with van der Waals surface area (Å²) in [5.41, 5.74) is 8.53. The summed E-state index contributed by atoms with van der Waals surface area (Å²) in [7, 11) is 3.26. The molecule has 4 nitrogen and oxygen atoms in total. The number of fused-ring (bicyclic) bond motifs is 1. The van der Waals surface area contributed by atoms with E-state index in [1.54, 1.807) is 14.2 Å². The van der Waals surface area contributed by atoms with Crippen LogP contribution in [0.25, 0.3) is 0 Å². The Morgan fingerprint density at radius 2 is 1.95 bits per heavy atom. The highest BCUT2D eigenvalue weighted by molar-refractivity contribution is 5.44. The molecule has 0 saturated heterocycles. The Morgan fingerprint density at radius 1 is 1.14 bits per heavy atom. The van der Waals surface area contributed by atoms with E-state index in [0.29, 0.717) is 0 Å². The van der Waals surface area contributed by atoms with Crippen molar-refractivity contribution in [1.82, 2.24) is 0 Å². The fraction of sp³-hybridized carbons (Fsp3) is 0.294. The number of benzene rings is 2. The molecule has 3 rings (SSSR count). The van der Waals surface area contributed by atoms with Crippen molar-refractivity contribution in [3.05, 3.63) is 53.6 Å². The zero-order valence-electron chi connectivity index (χ0n) is 12.2. The van der Waals surface area contributed by atoms with E-state index in [9.17, 15) is 0 Å². The van der Waals surface area contributed by atoms with Gasteiger partial charge in [-0.25, -0.2) is 0 Å². The zero-order valence-corrected chi connectivity index (χ0v) is 12.2. The van der Waals surface area contributed by atoms with Crippen LogP contribution < -0.4 is 19.9 Å². The van der Waals surface area contributed by atoms with Gasteiger partial charge in [-0.3, -0.25) is 0 Å². The van der Waals surface area contributed by atoms with Crippen LogP contribution in [0.3, 0.4) is 0 Å². The summed E-state index contributed by atoms with van der Waals surface area (Å²) in [5.74, 6) is 2.39. The summed E-state index contributed by atoms with van der Waals surface area (Å²) < 4.78 is 16.6. The number of methoxy groups -OCH3 is 2. The number of hydrogen-bond acceptors (Lipinski definition) is 4. The Balaban J connectivity index is 1.85. The molecule has 4 heteroatoms. The minimum Gasteiger partial charge on any atom is -0.497 e. The molecular formula is C17H19NO3.